The summed E-state index contributed by atoms with van der Waals surface area (Å²) in [7, 11) is -9.33. The zero-order valence-corrected chi connectivity index (χ0v) is 28.8. The molecule has 0 radical (unpaired) electrons. The minimum absolute atomic E-state index is 0.0947. The van der Waals surface area contributed by atoms with Crippen LogP contribution in [0.15, 0.2) is 0 Å². The highest BCUT2D eigenvalue weighted by molar-refractivity contribution is 7.47. The van der Waals surface area contributed by atoms with Gasteiger partial charge in [-0.25, -0.2) is 13.9 Å². The van der Waals surface area contributed by atoms with Crippen LogP contribution in [-0.2, 0) is 74.9 Å². The van der Waals surface area contributed by atoms with Crippen molar-refractivity contribution in [3.63, 3.8) is 0 Å². The fourth-order valence-electron chi connectivity index (χ4n) is 3.18. The predicted octanol–water partition coefficient (Wildman–Crippen LogP) is -2.14. The Hall–Kier alpha value is -3.37. The molecule has 4 atom stereocenters. The topological polar surface area (TPSA) is 316 Å². The second-order valence-electron chi connectivity index (χ2n) is 9.44. The summed E-state index contributed by atoms with van der Waals surface area (Å²) in [5.74, 6) is -1.37. The van der Waals surface area contributed by atoms with Gasteiger partial charge in [0.1, 0.15) is 12.6 Å². The van der Waals surface area contributed by atoms with Crippen LogP contribution in [0.1, 0.15) is 25.7 Å². The summed E-state index contributed by atoms with van der Waals surface area (Å²) in [5.41, 5.74) is 0. The Morgan fingerprint density at radius 1 is 0.580 bits per heavy atom. The summed E-state index contributed by atoms with van der Waals surface area (Å²) in [6.07, 6.45) is 0.476. The van der Waals surface area contributed by atoms with Gasteiger partial charge >= 0.3 is 21.7 Å². The standard InChI is InChI=1S/C25H44N4O19P2/c30-7-3-23(34)28-21(15-41-9-1-11-43-19-32)17-47-49(37,38)45-13-5-26-25(36)27-6-14-46-50(39,40)48-18-22(29-24(35)4-8-31)16-42-10-2-12-44-20-33/h7-8,19-22H,1-6,9-18H2,(H,28,34)(H,29,35)(H,37,38)(H,39,40)(H2,26,27,36). The van der Waals surface area contributed by atoms with E-state index in [1.165, 1.54) is 0 Å². The van der Waals surface area contributed by atoms with Gasteiger partial charge in [-0.15, -0.1) is 0 Å². The fraction of sp³-hybridized carbons (Fsp3) is 0.720. The first-order chi connectivity index (χ1) is 23.9. The molecule has 23 nitrogen and oxygen atoms in total. The molecular formula is C25H44N4O19P2. The van der Waals surface area contributed by atoms with Gasteiger partial charge in [-0.3, -0.25) is 37.3 Å². The summed E-state index contributed by atoms with van der Waals surface area (Å²) < 4.78 is 63.2. The summed E-state index contributed by atoms with van der Waals surface area (Å²) in [6, 6.07) is -2.69. The number of urea groups is 1. The number of phosphoric ester groups is 2. The van der Waals surface area contributed by atoms with Gasteiger partial charge in [-0.2, -0.15) is 0 Å². The van der Waals surface area contributed by atoms with Crippen LogP contribution in [0.5, 0.6) is 0 Å². The molecule has 0 fully saturated rings. The van der Waals surface area contributed by atoms with Gasteiger partial charge in [-0.1, -0.05) is 0 Å². The minimum atomic E-state index is -4.66. The van der Waals surface area contributed by atoms with Crippen molar-refractivity contribution in [2.75, 3.05) is 79.2 Å². The minimum Gasteiger partial charge on any atom is -0.468 e. The summed E-state index contributed by atoms with van der Waals surface area (Å²) in [4.78, 5) is 96.6. The molecule has 0 saturated heterocycles. The molecule has 0 aromatic rings. The Morgan fingerprint density at radius 2 is 0.980 bits per heavy atom. The summed E-state index contributed by atoms with van der Waals surface area (Å²) in [5, 5.41) is 9.35. The second kappa shape index (κ2) is 29.4. The number of hydrogen-bond donors (Lipinski definition) is 6. The quantitative estimate of drug-likeness (QED) is 0.0176. The lowest BCUT2D eigenvalue weighted by Gasteiger charge is -2.20. The van der Waals surface area contributed by atoms with Crippen LogP contribution in [0.3, 0.4) is 0 Å². The van der Waals surface area contributed by atoms with Gasteiger partial charge in [0.05, 0.1) is 77.8 Å². The van der Waals surface area contributed by atoms with Gasteiger partial charge in [0.2, 0.25) is 11.8 Å². The van der Waals surface area contributed by atoms with Crippen molar-refractivity contribution in [3.05, 3.63) is 0 Å². The van der Waals surface area contributed by atoms with Crippen LogP contribution in [0.2, 0.25) is 0 Å². The molecule has 0 spiro atoms. The molecule has 50 heavy (non-hydrogen) atoms. The lowest BCUT2D eigenvalue weighted by molar-refractivity contribution is -0.130. The largest absolute Gasteiger partial charge is 0.472 e. The molecule has 0 bridgehead atoms. The Bertz CT molecular complexity index is 1040. The Morgan fingerprint density at radius 3 is 1.34 bits per heavy atom. The molecule has 0 saturated carbocycles. The smallest absolute Gasteiger partial charge is 0.468 e. The Balaban J connectivity index is 4.45. The van der Waals surface area contributed by atoms with Crippen molar-refractivity contribution in [2.24, 2.45) is 0 Å². The van der Waals surface area contributed by atoms with Crippen molar-refractivity contribution >= 4 is 59.0 Å². The number of ether oxygens (including phenoxy) is 4. The average molecular weight is 767 g/mol. The SMILES string of the molecule is O=CCC(=O)NC(COCCCOC=O)COP(=O)(O)OCCNC(=O)NCCOP(=O)(O)OCC(COCCCOC=O)NC(=O)CC=O. The van der Waals surface area contributed by atoms with Crippen molar-refractivity contribution in [1.29, 1.82) is 0 Å². The molecule has 0 rings (SSSR count). The third-order valence-corrected chi connectivity index (χ3v) is 7.27. The van der Waals surface area contributed by atoms with Gasteiger partial charge in [-0.05, 0) is 0 Å². The highest BCUT2D eigenvalue weighted by Crippen LogP contribution is 2.43. The number of aldehydes is 2. The molecule has 0 aliphatic heterocycles. The van der Waals surface area contributed by atoms with E-state index < -0.39 is 84.8 Å². The van der Waals surface area contributed by atoms with Gasteiger partial charge in [0.15, 0.2) is 0 Å². The van der Waals surface area contributed by atoms with Crippen LogP contribution >= 0.6 is 15.6 Å². The first kappa shape index (κ1) is 46.6. The number of carbonyl (C=O) groups excluding carboxylic acids is 7. The molecule has 25 heteroatoms. The van der Waals surface area contributed by atoms with E-state index in [4.69, 9.17) is 27.6 Å². The van der Waals surface area contributed by atoms with Crippen molar-refractivity contribution in [1.82, 2.24) is 21.3 Å². The van der Waals surface area contributed by atoms with E-state index in [-0.39, 0.29) is 65.7 Å². The molecule has 0 aromatic heterocycles. The number of carbonyl (C=O) groups is 7. The lowest BCUT2D eigenvalue weighted by Crippen LogP contribution is -2.41. The first-order valence-corrected chi connectivity index (χ1v) is 17.8. The van der Waals surface area contributed by atoms with E-state index in [1.54, 1.807) is 0 Å². The van der Waals surface area contributed by atoms with Crippen molar-refractivity contribution in [3.8, 4) is 0 Å². The summed E-state index contributed by atoms with van der Waals surface area (Å²) in [6.45, 7) is -2.01. The van der Waals surface area contributed by atoms with E-state index in [0.29, 0.717) is 25.4 Å². The Kier molecular flexibility index (Phi) is 27.4. The van der Waals surface area contributed by atoms with Crippen LogP contribution in [0.25, 0.3) is 0 Å². The average Bonchev–Trinajstić information content (AvgIpc) is 3.06. The van der Waals surface area contributed by atoms with Crippen molar-refractivity contribution < 1.29 is 89.5 Å². The zero-order valence-electron chi connectivity index (χ0n) is 27.0. The number of hydrogen-bond acceptors (Lipinski definition) is 17. The molecule has 0 heterocycles. The predicted molar refractivity (Wildman–Crippen MR) is 165 cm³/mol. The van der Waals surface area contributed by atoms with E-state index in [0.717, 1.165) is 0 Å². The maximum atomic E-state index is 12.2. The Labute approximate surface area is 286 Å². The third-order valence-electron chi connectivity index (χ3n) is 5.31. The van der Waals surface area contributed by atoms with Crippen LogP contribution in [-0.4, -0.2) is 144 Å². The highest BCUT2D eigenvalue weighted by Gasteiger charge is 2.26. The molecule has 0 aliphatic carbocycles. The fourth-order valence-corrected chi connectivity index (χ4v) is 4.71. The summed E-state index contributed by atoms with van der Waals surface area (Å²) >= 11 is 0. The highest BCUT2D eigenvalue weighted by atomic mass is 31.2. The van der Waals surface area contributed by atoms with Gasteiger partial charge < -0.3 is 59.6 Å². The van der Waals surface area contributed by atoms with E-state index >= 15 is 0 Å². The monoisotopic (exact) mass is 766 g/mol. The van der Waals surface area contributed by atoms with Crippen LogP contribution < -0.4 is 21.3 Å². The molecule has 6 N–H and O–H groups in total. The molecule has 4 unspecified atom stereocenters. The molecule has 0 aliphatic rings. The zero-order chi connectivity index (χ0) is 37.5. The van der Waals surface area contributed by atoms with Crippen LogP contribution in [0.4, 0.5) is 4.79 Å². The third kappa shape index (κ3) is 28.5. The van der Waals surface area contributed by atoms with E-state index in [9.17, 15) is 52.5 Å². The van der Waals surface area contributed by atoms with Gasteiger partial charge in [0.25, 0.3) is 12.9 Å². The van der Waals surface area contributed by atoms with E-state index in [2.05, 4.69) is 30.7 Å². The molecule has 288 valence electrons. The normalized spacial score (nSPS) is 14.4. The van der Waals surface area contributed by atoms with Crippen molar-refractivity contribution in [2.45, 2.75) is 37.8 Å². The molecular weight excluding hydrogens is 722 g/mol. The molecule has 0 aromatic carbocycles. The number of rotatable bonds is 34. The number of amides is 4. The number of phosphoric acid groups is 2. The molecule has 4 amide bonds. The number of nitrogens with one attached hydrogen (secondary N) is 4. The second-order valence-corrected chi connectivity index (χ2v) is 12.3. The first-order valence-electron chi connectivity index (χ1n) is 14.8. The maximum absolute atomic E-state index is 12.2. The van der Waals surface area contributed by atoms with Gasteiger partial charge in [0, 0.05) is 39.1 Å². The maximum Gasteiger partial charge on any atom is 0.472 e. The lowest BCUT2D eigenvalue weighted by atomic mass is 10.3. The van der Waals surface area contributed by atoms with E-state index in [1.807, 2.05) is 0 Å². The van der Waals surface area contributed by atoms with Crippen LogP contribution in [0, 0.1) is 0 Å².